The number of nitrogens with one attached hydrogen (secondary N) is 1. The van der Waals surface area contributed by atoms with Crippen LogP contribution in [0.5, 0.6) is 17.2 Å². The topological polar surface area (TPSA) is 230 Å². The molecule has 1 amide bonds. The zero-order chi connectivity index (χ0) is 44.8. The Morgan fingerprint density at radius 3 is 1.98 bits per heavy atom. The average Bonchev–Trinajstić information content (AvgIpc) is 3.25. The van der Waals surface area contributed by atoms with Crippen molar-refractivity contribution in [1.29, 1.82) is 0 Å². The number of unbranched alkanes of at least 4 members (excludes halogenated alkanes) is 17. The number of hydrazone groups is 1. The molecule has 0 saturated carbocycles. The van der Waals surface area contributed by atoms with Gasteiger partial charge in [-0.2, -0.15) is 5.10 Å². The van der Waals surface area contributed by atoms with E-state index in [0.717, 1.165) is 19.3 Å². The summed E-state index contributed by atoms with van der Waals surface area (Å²) in [5, 5.41) is 61.0. The number of aromatic hydroxyl groups is 2. The molecule has 0 bridgehead atoms. The van der Waals surface area contributed by atoms with E-state index >= 15 is 0 Å². The van der Waals surface area contributed by atoms with Gasteiger partial charge in [-0.25, -0.2) is 5.43 Å². The molecule has 1 saturated heterocycles. The van der Waals surface area contributed by atoms with Crippen molar-refractivity contribution in [3.8, 4) is 17.2 Å². The van der Waals surface area contributed by atoms with Gasteiger partial charge < -0.3 is 45.5 Å². The van der Waals surface area contributed by atoms with E-state index in [0.29, 0.717) is 6.42 Å². The summed E-state index contributed by atoms with van der Waals surface area (Å²) >= 11 is 0. The number of phenolic OH excluding ortho intramolecular Hbond substituents is 2. The molecule has 62 heavy (non-hydrogen) atoms. The summed E-state index contributed by atoms with van der Waals surface area (Å²) in [7, 11) is 1.34. The number of carbonyl (C=O) groups is 3. The minimum absolute atomic E-state index is 0.0197. The number of benzene rings is 2. The summed E-state index contributed by atoms with van der Waals surface area (Å²) in [6.07, 6.45) is 17.5. The van der Waals surface area contributed by atoms with Gasteiger partial charge in [0, 0.05) is 48.4 Å². The molecule has 1 fully saturated rings. The highest BCUT2D eigenvalue weighted by atomic mass is 16.7. The molecule has 0 spiro atoms. The van der Waals surface area contributed by atoms with E-state index in [-0.39, 0.29) is 53.0 Å². The van der Waals surface area contributed by atoms with E-state index in [4.69, 9.17) is 19.9 Å². The Morgan fingerprint density at radius 2 is 1.44 bits per heavy atom. The second-order valence-corrected chi connectivity index (χ2v) is 17.6. The van der Waals surface area contributed by atoms with Crippen LogP contribution in [0.2, 0.25) is 0 Å². The maximum absolute atomic E-state index is 14.0. The number of fused-ring (bicyclic) bond motifs is 3. The van der Waals surface area contributed by atoms with Crippen LogP contribution in [0.1, 0.15) is 198 Å². The lowest BCUT2D eigenvalue weighted by molar-refractivity contribution is -0.245. The molecule has 8 N–H and O–H groups in total. The summed E-state index contributed by atoms with van der Waals surface area (Å²) in [4.78, 5) is 40.9. The molecule has 2 aromatic rings. The predicted molar refractivity (Wildman–Crippen MR) is 236 cm³/mol. The highest BCUT2D eigenvalue weighted by Crippen LogP contribution is 2.52. The fourth-order valence-corrected chi connectivity index (χ4v) is 9.27. The number of carbonyl (C=O) groups excluding carboxylic acids is 3. The van der Waals surface area contributed by atoms with Gasteiger partial charge in [0.15, 0.2) is 12.1 Å². The summed E-state index contributed by atoms with van der Waals surface area (Å²) in [6.45, 7) is 3.07. The second kappa shape index (κ2) is 23.7. The molecular weight excluding hydrogens is 795 g/mol. The third-order valence-electron chi connectivity index (χ3n) is 12.9. The molecular formula is C48H71N3O11. The molecule has 1 aliphatic heterocycles. The van der Waals surface area contributed by atoms with Crippen LogP contribution >= 0.6 is 0 Å². The standard InChI is InChI=1S/C48H71N3O11/c1-4-5-6-7-8-9-10-11-12-13-14-15-16-17-18-19-20-21-25-37(53)51-50-36(29-52)48(59)27-32-40(35(28-48)62-38-26-33(49)43(54)30(2)61-38)47(58)42-41(45(32)56)44(55)31-23-22-24-34(60-3)39(31)46(42)57/h22-24,30,33,35,38,43,52,54,56,58-59H,4-21,25-29,49H2,1-3H3,(H,51,53)/b50-36-. The number of aliphatic hydroxyl groups excluding tert-OH is 2. The van der Waals surface area contributed by atoms with Crippen LogP contribution in [-0.2, 0) is 20.7 Å². The Morgan fingerprint density at radius 1 is 0.871 bits per heavy atom. The Bertz CT molecular complexity index is 1860. The minimum Gasteiger partial charge on any atom is -0.507 e. The molecule has 5 rings (SSSR count). The van der Waals surface area contributed by atoms with Crippen LogP contribution in [-0.4, -0.2) is 92.6 Å². The lowest BCUT2D eigenvalue weighted by atomic mass is 9.71. The number of nitrogens with zero attached hydrogens (tertiary/aromatic N) is 1. The second-order valence-electron chi connectivity index (χ2n) is 17.6. The number of rotatable bonds is 25. The van der Waals surface area contributed by atoms with Crippen molar-refractivity contribution in [1.82, 2.24) is 5.43 Å². The average molecular weight is 866 g/mol. The zero-order valence-corrected chi connectivity index (χ0v) is 37.1. The van der Waals surface area contributed by atoms with Crippen molar-refractivity contribution in [3.05, 3.63) is 51.6 Å². The van der Waals surface area contributed by atoms with E-state index in [1.165, 1.54) is 115 Å². The molecule has 6 unspecified atom stereocenters. The van der Waals surface area contributed by atoms with Crippen LogP contribution in [0.3, 0.4) is 0 Å². The van der Waals surface area contributed by atoms with Crippen molar-refractivity contribution in [2.45, 2.75) is 191 Å². The molecule has 14 nitrogen and oxygen atoms in total. The van der Waals surface area contributed by atoms with Crippen LogP contribution in [0, 0.1) is 0 Å². The normalized spacial score (nSPS) is 23.5. The largest absolute Gasteiger partial charge is 0.507 e. The summed E-state index contributed by atoms with van der Waals surface area (Å²) in [5.41, 5.74) is 5.09. The summed E-state index contributed by atoms with van der Waals surface area (Å²) in [6, 6.07) is 3.71. The van der Waals surface area contributed by atoms with Gasteiger partial charge in [-0.3, -0.25) is 14.4 Å². The monoisotopic (exact) mass is 866 g/mol. The molecule has 2 aliphatic carbocycles. The summed E-state index contributed by atoms with van der Waals surface area (Å²) < 4.78 is 17.6. The smallest absolute Gasteiger partial charge is 0.240 e. The van der Waals surface area contributed by atoms with E-state index in [9.17, 15) is 39.9 Å². The third-order valence-corrected chi connectivity index (χ3v) is 12.9. The Balaban J connectivity index is 1.19. The van der Waals surface area contributed by atoms with Crippen LogP contribution in [0.15, 0.2) is 23.3 Å². The number of phenols is 2. The molecule has 3 aliphatic rings. The lowest BCUT2D eigenvalue weighted by Crippen LogP contribution is -2.53. The molecule has 2 aromatic carbocycles. The van der Waals surface area contributed by atoms with Gasteiger partial charge in [0.2, 0.25) is 11.7 Å². The first-order chi connectivity index (χ1) is 29.9. The first-order valence-electron chi connectivity index (χ1n) is 23.2. The van der Waals surface area contributed by atoms with Gasteiger partial charge >= 0.3 is 0 Å². The molecule has 6 atom stereocenters. The Hall–Kier alpha value is -3.92. The molecule has 14 heteroatoms. The summed E-state index contributed by atoms with van der Waals surface area (Å²) in [5.74, 6) is -3.10. The highest BCUT2D eigenvalue weighted by Gasteiger charge is 2.49. The molecule has 1 heterocycles. The number of hydrogen-bond donors (Lipinski definition) is 7. The van der Waals surface area contributed by atoms with E-state index in [2.05, 4.69) is 17.5 Å². The molecule has 0 aromatic heterocycles. The number of amides is 1. The van der Waals surface area contributed by atoms with E-state index in [1.54, 1.807) is 6.92 Å². The Labute approximate surface area is 366 Å². The van der Waals surface area contributed by atoms with Gasteiger partial charge in [-0.05, 0) is 19.4 Å². The number of ketones is 2. The first kappa shape index (κ1) is 49.1. The van der Waals surface area contributed by atoms with Crippen molar-refractivity contribution >= 4 is 23.2 Å². The van der Waals surface area contributed by atoms with Crippen molar-refractivity contribution in [3.63, 3.8) is 0 Å². The van der Waals surface area contributed by atoms with Gasteiger partial charge in [-0.15, -0.1) is 0 Å². The van der Waals surface area contributed by atoms with Gasteiger partial charge in [0.25, 0.3) is 0 Å². The number of aliphatic hydroxyl groups is 3. The van der Waals surface area contributed by atoms with Crippen LogP contribution in [0.4, 0.5) is 0 Å². The number of methoxy groups -OCH3 is 1. The zero-order valence-electron chi connectivity index (χ0n) is 37.1. The highest BCUT2D eigenvalue weighted by molar-refractivity contribution is 6.31. The van der Waals surface area contributed by atoms with Crippen molar-refractivity contribution in [2.75, 3.05) is 13.7 Å². The van der Waals surface area contributed by atoms with Gasteiger partial charge in [0.05, 0.1) is 54.4 Å². The first-order valence-corrected chi connectivity index (χ1v) is 23.2. The van der Waals surface area contributed by atoms with E-state index in [1.807, 2.05) is 0 Å². The number of ether oxygens (including phenoxy) is 3. The van der Waals surface area contributed by atoms with Crippen LogP contribution < -0.4 is 15.9 Å². The molecule has 344 valence electrons. The third kappa shape index (κ3) is 12.0. The van der Waals surface area contributed by atoms with Crippen LogP contribution in [0.25, 0.3) is 0 Å². The van der Waals surface area contributed by atoms with E-state index < -0.39 is 89.4 Å². The number of nitrogens with two attached hydrogens (primary N) is 1. The fourth-order valence-electron chi connectivity index (χ4n) is 9.27. The molecule has 0 radical (unpaired) electrons. The SMILES string of the molecule is CCCCCCCCCCCCCCCCCCCCC(=O)N/N=C(/CO)C1(O)Cc2c(O)c3c(c(O)c2C(OC2CC(N)C(O)C(C)O2)C1)C(=O)c1c(OC)cccc1C3=O. The minimum atomic E-state index is -2.09. The van der Waals surface area contributed by atoms with Gasteiger partial charge in [0.1, 0.15) is 22.8 Å². The number of hydrogen-bond acceptors (Lipinski definition) is 13. The Kier molecular flexibility index (Phi) is 18.7. The van der Waals surface area contributed by atoms with Crippen molar-refractivity contribution < 1.29 is 54.1 Å². The lowest BCUT2D eigenvalue weighted by Gasteiger charge is -2.43. The fraction of sp³-hybridized carbons (Fsp3) is 0.667. The predicted octanol–water partition coefficient (Wildman–Crippen LogP) is 7.34. The van der Waals surface area contributed by atoms with Crippen molar-refractivity contribution in [2.24, 2.45) is 10.8 Å². The maximum atomic E-state index is 14.0. The maximum Gasteiger partial charge on any atom is 0.240 e. The quantitative estimate of drug-likeness (QED) is 0.0192. The van der Waals surface area contributed by atoms with Gasteiger partial charge in [-0.1, -0.05) is 128 Å².